The van der Waals surface area contributed by atoms with E-state index in [1.165, 1.54) is 6.07 Å². The fraction of sp³-hybridized carbons (Fsp3) is 0.167. The second kappa shape index (κ2) is 8.02. The minimum atomic E-state index is -1.25. The number of carbonyl (C=O) groups is 2. The maximum Gasteiger partial charge on any atom is 0.326 e. The number of benzene rings is 2. The molecule has 0 saturated heterocycles. The molecule has 2 aromatic rings. The molecule has 0 fully saturated rings. The maximum absolute atomic E-state index is 13.1. The normalized spacial score (nSPS) is 11.4. The second-order valence-electron chi connectivity index (χ2n) is 5.43. The molecule has 0 aliphatic heterocycles. The van der Waals surface area contributed by atoms with Crippen molar-refractivity contribution in [2.75, 3.05) is 0 Å². The lowest BCUT2D eigenvalue weighted by atomic mass is 10.0. The van der Waals surface area contributed by atoms with Gasteiger partial charge in [-0.3, -0.25) is 4.79 Å². The van der Waals surface area contributed by atoms with Gasteiger partial charge in [0.15, 0.2) is 0 Å². The molecular formula is C18H14F2N2O3. The Hall–Kier alpha value is -3.27. The van der Waals surface area contributed by atoms with Gasteiger partial charge in [0.05, 0.1) is 18.1 Å². The summed E-state index contributed by atoms with van der Waals surface area (Å²) in [5, 5.41) is 20.5. The summed E-state index contributed by atoms with van der Waals surface area (Å²) in [6, 6.07) is 9.80. The van der Waals surface area contributed by atoms with Crippen LogP contribution in [-0.4, -0.2) is 23.0 Å². The number of nitriles is 1. The standard InChI is InChI=1S/C18H14F2N2O3/c19-14-5-13(6-15(20)9-14)8-17(23)22-16(18(24)25)7-11-2-1-3-12(4-11)10-21/h1-6,9,16H,7-8H2,(H,22,23)(H,24,25)/t16-/m1/s1. The van der Waals surface area contributed by atoms with Crippen LogP contribution in [0.4, 0.5) is 8.78 Å². The molecule has 0 radical (unpaired) electrons. The molecular weight excluding hydrogens is 330 g/mol. The molecule has 0 bridgehead atoms. The molecule has 0 saturated carbocycles. The first-order valence-corrected chi connectivity index (χ1v) is 7.33. The van der Waals surface area contributed by atoms with Crippen molar-refractivity contribution < 1.29 is 23.5 Å². The highest BCUT2D eigenvalue weighted by molar-refractivity contribution is 5.85. The lowest BCUT2D eigenvalue weighted by Crippen LogP contribution is -2.43. The minimum Gasteiger partial charge on any atom is -0.480 e. The molecule has 128 valence electrons. The highest BCUT2D eigenvalue weighted by atomic mass is 19.1. The molecule has 0 unspecified atom stereocenters. The van der Waals surface area contributed by atoms with Crippen LogP contribution in [0.5, 0.6) is 0 Å². The van der Waals surface area contributed by atoms with Crippen LogP contribution in [0.15, 0.2) is 42.5 Å². The van der Waals surface area contributed by atoms with Gasteiger partial charge in [-0.25, -0.2) is 13.6 Å². The number of carboxylic acid groups (broad SMARTS) is 1. The number of nitrogens with zero attached hydrogens (tertiary/aromatic N) is 1. The van der Waals surface area contributed by atoms with E-state index in [1.54, 1.807) is 18.2 Å². The summed E-state index contributed by atoms with van der Waals surface area (Å²) in [4.78, 5) is 23.3. The Bertz CT molecular complexity index is 826. The van der Waals surface area contributed by atoms with Crippen molar-refractivity contribution >= 4 is 11.9 Å². The number of aliphatic carboxylic acids is 1. The Labute approximate surface area is 142 Å². The Balaban J connectivity index is 2.06. The van der Waals surface area contributed by atoms with E-state index in [9.17, 15) is 23.5 Å². The smallest absolute Gasteiger partial charge is 0.326 e. The summed E-state index contributed by atoms with van der Waals surface area (Å²) < 4.78 is 26.3. The summed E-state index contributed by atoms with van der Waals surface area (Å²) in [5.74, 6) is -3.55. The van der Waals surface area contributed by atoms with Crippen molar-refractivity contribution in [3.63, 3.8) is 0 Å². The van der Waals surface area contributed by atoms with E-state index in [-0.39, 0.29) is 18.4 Å². The first-order chi connectivity index (χ1) is 11.9. The number of carbonyl (C=O) groups excluding carboxylic acids is 1. The third-order valence-corrected chi connectivity index (χ3v) is 3.42. The van der Waals surface area contributed by atoms with Crippen molar-refractivity contribution in [2.24, 2.45) is 0 Å². The molecule has 2 aromatic carbocycles. The molecule has 0 aliphatic rings. The number of hydrogen-bond donors (Lipinski definition) is 2. The SMILES string of the molecule is N#Cc1cccc(C[C@@H](NC(=O)Cc2cc(F)cc(F)c2)C(=O)O)c1. The Kier molecular flexibility index (Phi) is 5.79. The van der Waals surface area contributed by atoms with Crippen LogP contribution in [0, 0.1) is 23.0 Å². The Morgan fingerprint density at radius 1 is 1.12 bits per heavy atom. The fourth-order valence-corrected chi connectivity index (χ4v) is 2.35. The average Bonchev–Trinajstić information content (AvgIpc) is 2.53. The predicted octanol–water partition coefficient (Wildman–Crippen LogP) is 2.19. The van der Waals surface area contributed by atoms with E-state index in [0.29, 0.717) is 17.2 Å². The van der Waals surface area contributed by atoms with Gasteiger partial charge in [0.1, 0.15) is 17.7 Å². The molecule has 0 heterocycles. The zero-order valence-corrected chi connectivity index (χ0v) is 13.0. The molecule has 2 N–H and O–H groups in total. The average molecular weight is 344 g/mol. The van der Waals surface area contributed by atoms with Crippen molar-refractivity contribution in [2.45, 2.75) is 18.9 Å². The van der Waals surface area contributed by atoms with E-state index in [0.717, 1.165) is 12.1 Å². The highest BCUT2D eigenvalue weighted by Crippen LogP contribution is 2.10. The number of halogens is 2. The van der Waals surface area contributed by atoms with E-state index in [4.69, 9.17) is 5.26 Å². The van der Waals surface area contributed by atoms with Crippen LogP contribution in [0.3, 0.4) is 0 Å². The predicted molar refractivity (Wildman–Crippen MR) is 84.5 cm³/mol. The van der Waals surface area contributed by atoms with Gasteiger partial charge in [0.2, 0.25) is 5.91 Å². The van der Waals surface area contributed by atoms with E-state index in [1.807, 2.05) is 6.07 Å². The minimum absolute atomic E-state index is 0.0197. The van der Waals surface area contributed by atoms with Crippen LogP contribution >= 0.6 is 0 Å². The lowest BCUT2D eigenvalue weighted by molar-refractivity contribution is -0.141. The van der Waals surface area contributed by atoms with Crippen LogP contribution in [0.1, 0.15) is 16.7 Å². The summed E-state index contributed by atoms with van der Waals surface area (Å²) in [6.07, 6.45) is -0.370. The second-order valence-corrected chi connectivity index (χ2v) is 5.43. The molecule has 7 heteroatoms. The monoisotopic (exact) mass is 344 g/mol. The maximum atomic E-state index is 13.1. The van der Waals surface area contributed by atoms with Crippen LogP contribution in [0.25, 0.3) is 0 Å². The van der Waals surface area contributed by atoms with Crippen molar-refractivity contribution in [3.05, 3.63) is 70.8 Å². The molecule has 5 nitrogen and oxygen atoms in total. The zero-order chi connectivity index (χ0) is 18.4. The highest BCUT2D eigenvalue weighted by Gasteiger charge is 2.21. The quantitative estimate of drug-likeness (QED) is 0.840. The zero-order valence-electron chi connectivity index (χ0n) is 13.0. The van der Waals surface area contributed by atoms with E-state index < -0.39 is 29.6 Å². The molecule has 0 aromatic heterocycles. The van der Waals surface area contributed by atoms with E-state index >= 15 is 0 Å². The van der Waals surface area contributed by atoms with Gasteiger partial charge in [-0.1, -0.05) is 12.1 Å². The number of rotatable bonds is 6. The van der Waals surface area contributed by atoms with Crippen molar-refractivity contribution in [1.29, 1.82) is 5.26 Å². The molecule has 2 rings (SSSR count). The van der Waals surface area contributed by atoms with Gasteiger partial charge in [-0.2, -0.15) is 5.26 Å². The van der Waals surface area contributed by atoms with Gasteiger partial charge < -0.3 is 10.4 Å². The van der Waals surface area contributed by atoms with Gasteiger partial charge in [-0.15, -0.1) is 0 Å². The molecule has 1 atom stereocenters. The third-order valence-electron chi connectivity index (χ3n) is 3.42. The third kappa shape index (κ3) is 5.39. The molecule has 0 aliphatic carbocycles. The summed E-state index contributed by atoms with van der Waals surface area (Å²) in [7, 11) is 0. The molecule has 25 heavy (non-hydrogen) atoms. The topological polar surface area (TPSA) is 90.2 Å². The summed E-state index contributed by atoms with van der Waals surface area (Å²) in [6.45, 7) is 0. The van der Waals surface area contributed by atoms with Gasteiger partial charge in [-0.05, 0) is 35.4 Å². The lowest BCUT2D eigenvalue weighted by Gasteiger charge is -2.15. The summed E-state index contributed by atoms with van der Waals surface area (Å²) in [5.41, 5.74) is 1.05. The van der Waals surface area contributed by atoms with Crippen molar-refractivity contribution in [1.82, 2.24) is 5.32 Å². The van der Waals surface area contributed by atoms with E-state index in [2.05, 4.69) is 5.32 Å². The Morgan fingerprint density at radius 3 is 2.40 bits per heavy atom. The molecule has 1 amide bonds. The van der Waals surface area contributed by atoms with Gasteiger partial charge in [0, 0.05) is 12.5 Å². The van der Waals surface area contributed by atoms with Gasteiger partial charge in [0.25, 0.3) is 0 Å². The van der Waals surface area contributed by atoms with Crippen LogP contribution in [0.2, 0.25) is 0 Å². The van der Waals surface area contributed by atoms with Crippen LogP contribution < -0.4 is 5.32 Å². The molecule has 0 spiro atoms. The fourth-order valence-electron chi connectivity index (χ4n) is 2.35. The van der Waals surface area contributed by atoms with Crippen molar-refractivity contribution in [3.8, 4) is 6.07 Å². The number of amides is 1. The summed E-state index contributed by atoms with van der Waals surface area (Å²) >= 11 is 0. The number of hydrogen-bond acceptors (Lipinski definition) is 3. The number of carboxylic acids is 1. The van der Waals surface area contributed by atoms with Crippen LogP contribution in [-0.2, 0) is 22.4 Å². The first-order valence-electron chi connectivity index (χ1n) is 7.33. The van der Waals surface area contributed by atoms with Gasteiger partial charge >= 0.3 is 5.97 Å². The number of nitrogens with one attached hydrogen (secondary N) is 1. The largest absolute Gasteiger partial charge is 0.480 e. The Morgan fingerprint density at radius 2 is 1.80 bits per heavy atom. The first kappa shape index (κ1) is 18.1.